The number of carbonyl (C=O) groups excluding carboxylic acids is 1. The first-order valence-corrected chi connectivity index (χ1v) is 11.8. The zero-order valence-electron chi connectivity index (χ0n) is 18.6. The monoisotopic (exact) mass is 529 g/mol. The Kier molecular flexibility index (Phi) is 6.59. The lowest BCUT2D eigenvalue weighted by Crippen LogP contribution is -2.06. The molecule has 1 amide bonds. The minimum atomic E-state index is -0.288. The van der Waals surface area contributed by atoms with Gasteiger partial charge in [0.05, 0.1) is 11.2 Å². The van der Waals surface area contributed by atoms with E-state index in [0.717, 1.165) is 32.2 Å². The molecule has 35 heavy (non-hydrogen) atoms. The lowest BCUT2D eigenvalue weighted by Gasteiger charge is -2.15. The predicted molar refractivity (Wildman–Crippen MR) is 139 cm³/mol. The van der Waals surface area contributed by atoms with E-state index in [4.69, 9.17) is 4.74 Å². The maximum absolute atomic E-state index is 13.6. The van der Waals surface area contributed by atoms with E-state index in [-0.39, 0.29) is 5.82 Å². The quantitative estimate of drug-likeness (QED) is 0.225. The van der Waals surface area contributed by atoms with Gasteiger partial charge in [0, 0.05) is 22.6 Å². The van der Waals surface area contributed by atoms with Crippen molar-refractivity contribution in [3.05, 3.63) is 113 Å². The summed E-state index contributed by atoms with van der Waals surface area (Å²) in [7, 11) is 0. The van der Waals surface area contributed by atoms with Crippen LogP contribution < -0.4 is 10.1 Å². The Morgan fingerprint density at radius 1 is 0.971 bits per heavy atom. The molecule has 174 valence electrons. The molecule has 0 radical (unpaired) electrons. The highest BCUT2D eigenvalue weighted by atomic mass is 79.9. The Morgan fingerprint density at radius 2 is 1.77 bits per heavy atom. The van der Waals surface area contributed by atoms with Crippen molar-refractivity contribution in [2.75, 3.05) is 5.32 Å². The minimum absolute atomic E-state index is 0.288. The Bertz CT molecular complexity index is 1480. The van der Waals surface area contributed by atoms with Crippen LogP contribution in [0.2, 0.25) is 0 Å². The molecule has 0 bridgehead atoms. The van der Waals surface area contributed by atoms with Gasteiger partial charge in [0.1, 0.15) is 23.8 Å². The smallest absolute Gasteiger partial charge is 0.211 e. The van der Waals surface area contributed by atoms with Crippen LogP contribution in [0.4, 0.5) is 10.1 Å². The van der Waals surface area contributed by atoms with Gasteiger partial charge in [-0.05, 0) is 53.6 Å². The van der Waals surface area contributed by atoms with Crippen LogP contribution >= 0.6 is 15.9 Å². The van der Waals surface area contributed by atoms with Crippen molar-refractivity contribution in [2.45, 2.75) is 13.2 Å². The number of anilines is 1. The van der Waals surface area contributed by atoms with E-state index in [1.54, 1.807) is 30.5 Å². The summed E-state index contributed by atoms with van der Waals surface area (Å²) in [6, 6.07) is 25.9. The highest BCUT2D eigenvalue weighted by Crippen LogP contribution is 2.43. The number of pyridine rings is 1. The van der Waals surface area contributed by atoms with Gasteiger partial charge in [0.25, 0.3) is 0 Å². The van der Waals surface area contributed by atoms with Gasteiger partial charge in [-0.25, -0.2) is 4.39 Å². The number of benzene rings is 3. The first-order valence-electron chi connectivity index (χ1n) is 11.0. The molecule has 0 unspecified atom stereocenters. The van der Waals surface area contributed by atoms with Crippen molar-refractivity contribution < 1.29 is 13.9 Å². The lowest BCUT2D eigenvalue weighted by atomic mass is 10.1. The number of rotatable bonds is 8. The van der Waals surface area contributed by atoms with Gasteiger partial charge in [0.2, 0.25) is 6.41 Å². The average molecular weight is 530 g/mol. The molecule has 0 spiro atoms. The van der Waals surface area contributed by atoms with Gasteiger partial charge in [-0.1, -0.05) is 58.4 Å². The van der Waals surface area contributed by atoms with E-state index in [1.807, 2.05) is 48.5 Å². The second-order valence-corrected chi connectivity index (χ2v) is 8.90. The molecular formula is C28H21BrFN3O2. The standard InChI is InChI=1S/C28H21BrFN3O2/c29-21-10-13-25-23(15-21)28(35-17-20-5-2-1-3-6-20)27(26-24(32-18-34)7-4-14-31-26)33(25)16-19-8-11-22(30)12-9-19/h1-15,18H,16-17H2,(H,32,34). The zero-order chi connectivity index (χ0) is 24.2. The maximum atomic E-state index is 13.6. The average Bonchev–Trinajstić information content (AvgIpc) is 3.17. The molecular weight excluding hydrogens is 509 g/mol. The van der Waals surface area contributed by atoms with Crippen LogP contribution in [0.5, 0.6) is 5.75 Å². The number of hydrogen-bond donors (Lipinski definition) is 1. The summed E-state index contributed by atoms with van der Waals surface area (Å²) in [6.07, 6.45) is 2.32. The molecule has 0 saturated carbocycles. The summed E-state index contributed by atoms with van der Waals surface area (Å²) in [6.45, 7) is 0.818. The summed E-state index contributed by atoms with van der Waals surface area (Å²) in [5.74, 6) is 0.365. The fourth-order valence-corrected chi connectivity index (χ4v) is 4.48. The van der Waals surface area contributed by atoms with Crippen molar-refractivity contribution in [3.8, 4) is 17.1 Å². The first kappa shape index (κ1) is 22.8. The van der Waals surface area contributed by atoms with Gasteiger partial charge >= 0.3 is 0 Å². The molecule has 0 aliphatic heterocycles. The van der Waals surface area contributed by atoms with Gasteiger partial charge in [-0.15, -0.1) is 0 Å². The number of hydrogen-bond acceptors (Lipinski definition) is 3. The SMILES string of the molecule is O=CNc1cccnc1-c1c(OCc2ccccc2)c2cc(Br)ccc2n1Cc1ccc(F)cc1. The van der Waals surface area contributed by atoms with Crippen molar-refractivity contribution in [2.24, 2.45) is 0 Å². The highest BCUT2D eigenvalue weighted by Gasteiger charge is 2.24. The molecule has 0 aliphatic carbocycles. The normalized spacial score (nSPS) is 10.9. The maximum Gasteiger partial charge on any atom is 0.211 e. The number of ether oxygens (including phenoxy) is 1. The molecule has 0 atom stereocenters. The topological polar surface area (TPSA) is 56.1 Å². The van der Waals surface area contributed by atoms with E-state index in [1.165, 1.54) is 12.1 Å². The lowest BCUT2D eigenvalue weighted by molar-refractivity contribution is -0.105. The van der Waals surface area contributed by atoms with E-state index >= 15 is 0 Å². The Hall–Kier alpha value is -3.97. The van der Waals surface area contributed by atoms with Gasteiger partial charge in [-0.2, -0.15) is 0 Å². The number of amides is 1. The second-order valence-electron chi connectivity index (χ2n) is 7.99. The molecule has 2 heterocycles. The molecule has 3 aromatic carbocycles. The largest absolute Gasteiger partial charge is 0.486 e. The summed E-state index contributed by atoms with van der Waals surface area (Å²) >= 11 is 3.59. The summed E-state index contributed by atoms with van der Waals surface area (Å²) in [5, 5.41) is 3.66. The fourth-order valence-electron chi connectivity index (χ4n) is 4.12. The zero-order valence-corrected chi connectivity index (χ0v) is 20.2. The molecule has 5 rings (SSSR count). The van der Waals surface area contributed by atoms with Crippen LogP contribution in [0.25, 0.3) is 22.3 Å². The molecule has 1 N–H and O–H groups in total. The van der Waals surface area contributed by atoms with Crippen molar-refractivity contribution in [1.29, 1.82) is 0 Å². The molecule has 0 aliphatic rings. The van der Waals surface area contributed by atoms with Crippen LogP contribution in [-0.4, -0.2) is 16.0 Å². The molecule has 2 aromatic heterocycles. The van der Waals surface area contributed by atoms with Crippen LogP contribution in [0.3, 0.4) is 0 Å². The third kappa shape index (κ3) is 4.81. The molecule has 0 fully saturated rings. The summed E-state index contributed by atoms with van der Waals surface area (Å²) in [5.41, 5.74) is 4.75. The van der Waals surface area contributed by atoms with Crippen molar-refractivity contribution >= 4 is 38.9 Å². The first-order chi connectivity index (χ1) is 17.1. The van der Waals surface area contributed by atoms with Gasteiger partial charge in [-0.3, -0.25) is 9.78 Å². The number of nitrogens with zero attached hydrogens (tertiary/aromatic N) is 2. The highest BCUT2D eigenvalue weighted by molar-refractivity contribution is 9.10. The third-order valence-corrected chi connectivity index (χ3v) is 6.20. The Labute approximate surface area is 210 Å². The minimum Gasteiger partial charge on any atom is -0.486 e. The van der Waals surface area contributed by atoms with E-state index in [2.05, 4.69) is 30.8 Å². The van der Waals surface area contributed by atoms with E-state index < -0.39 is 0 Å². The van der Waals surface area contributed by atoms with Crippen LogP contribution in [-0.2, 0) is 17.9 Å². The molecule has 0 saturated heterocycles. The van der Waals surface area contributed by atoms with Crippen molar-refractivity contribution in [1.82, 2.24) is 9.55 Å². The molecule has 7 heteroatoms. The Morgan fingerprint density at radius 3 is 2.54 bits per heavy atom. The number of halogens is 2. The summed E-state index contributed by atoms with van der Waals surface area (Å²) < 4.78 is 23.0. The van der Waals surface area contributed by atoms with Gasteiger partial charge in [0.15, 0.2) is 5.75 Å². The van der Waals surface area contributed by atoms with Gasteiger partial charge < -0.3 is 14.6 Å². The fraction of sp³-hybridized carbons (Fsp3) is 0.0714. The number of carbonyl (C=O) groups is 1. The summed E-state index contributed by atoms with van der Waals surface area (Å²) in [4.78, 5) is 16.0. The number of fused-ring (bicyclic) bond motifs is 1. The van der Waals surface area contributed by atoms with E-state index in [9.17, 15) is 9.18 Å². The van der Waals surface area contributed by atoms with Crippen molar-refractivity contribution in [3.63, 3.8) is 0 Å². The van der Waals surface area contributed by atoms with Crippen LogP contribution in [0, 0.1) is 5.82 Å². The molecule has 5 aromatic rings. The van der Waals surface area contributed by atoms with E-state index in [0.29, 0.717) is 36.7 Å². The number of nitrogens with one attached hydrogen (secondary N) is 1. The Balaban J connectivity index is 1.74. The predicted octanol–water partition coefficient (Wildman–Crippen LogP) is 6.80. The number of aromatic nitrogens is 2. The second kappa shape index (κ2) is 10.1. The van der Waals surface area contributed by atoms with Crippen LogP contribution in [0.1, 0.15) is 11.1 Å². The van der Waals surface area contributed by atoms with Crippen LogP contribution in [0.15, 0.2) is 95.6 Å². The molecule has 5 nitrogen and oxygen atoms in total. The third-order valence-electron chi connectivity index (χ3n) is 5.71.